The third-order valence-electron chi connectivity index (χ3n) is 6.86. The number of nitrogens with zero attached hydrogens (tertiary/aromatic N) is 3. The minimum Gasteiger partial charge on any atom is -0.481 e. The number of pyridine rings is 3. The third kappa shape index (κ3) is 6.69. The van der Waals surface area contributed by atoms with Crippen molar-refractivity contribution >= 4 is 11.9 Å². The summed E-state index contributed by atoms with van der Waals surface area (Å²) in [6.45, 7) is 7.97. The summed E-state index contributed by atoms with van der Waals surface area (Å²) in [6.07, 6.45) is 6.69. The first-order valence-corrected chi connectivity index (χ1v) is 13.3. The molecule has 0 saturated carbocycles. The Labute approximate surface area is 233 Å². The van der Waals surface area contributed by atoms with Crippen molar-refractivity contribution < 1.29 is 14.7 Å². The quantitative estimate of drug-likeness (QED) is 0.275. The molecule has 4 aromatic rings. The summed E-state index contributed by atoms with van der Waals surface area (Å²) in [5, 5.41) is 12.6. The standard InChI is InChI=1S/C32H34N4O4/c1-20(2)14-28(36-19-23(11-12-29(36)37)26-10-5-6-13-34-26)32(40)35-27(16-30(38)39)24-15-25(18-33-17-24)31-21(3)8-7-9-22(31)4/h5-13,15,17-20,27-28H,14,16H2,1-4H3,(H,35,40)(H,38,39)/t27-,28+/m0/s1. The fourth-order valence-electron chi connectivity index (χ4n) is 4.98. The molecule has 0 aliphatic heterocycles. The number of carbonyl (C=O) groups is 2. The second-order valence-electron chi connectivity index (χ2n) is 10.5. The van der Waals surface area contributed by atoms with Gasteiger partial charge in [-0.05, 0) is 72.7 Å². The molecule has 0 fully saturated rings. The van der Waals surface area contributed by atoms with Crippen molar-refractivity contribution in [3.8, 4) is 22.4 Å². The van der Waals surface area contributed by atoms with Crippen molar-refractivity contribution in [1.29, 1.82) is 0 Å². The molecular weight excluding hydrogens is 504 g/mol. The molecule has 0 aliphatic rings. The molecule has 2 N–H and O–H groups in total. The van der Waals surface area contributed by atoms with Crippen LogP contribution < -0.4 is 10.9 Å². The van der Waals surface area contributed by atoms with Crippen molar-refractivity contribution in [2.24, 2.45) is 5.92 Å². The van der Waals surface area contributed by atoms with Crippen LogP contribution in [-0.2, 0) is 9.59 Å². The third-order valence-corrected chi connectivity index (χ3v) is 6.86. The average Bonchev–Trinajstić information content (AvgIpc) is 2.92. The van der Waals surface area contributed by atoms with Crippen LogP contribution in [0.3, 0.4) is 0 Å². The first-order valence-electron chi connectivity index (χ1n) is 13.3. The number of carboxylic acid groups (broad SMARTS) is 1. The van der Waals surface area contributed by atoms with Gasteiger partial charge in [0.25, 0.3) is 5.56 Å². The summed E-state index contributed by atoms with van der Waals surface area (Å²) in [5.74, 6) is -1.40. The zero-order valence-corrected chi connectivity index (χ0v) is 23.2. The molecule has 1 aromatic carbocycles. The van der Waals surface area contributed by atoms with E-state index in [1.165, 1.54) is 10.6 Å². The highest BCUT2D eigenvalue weighted by atomic mass is 16.4. The molecule has 0 unspecified atom stereocenters. The highest BCUT2D eigenvalue weighted by Crippen LogP contribution is 2.30. The van der Waals surface area contributed by atoms with E-state index in [-0.39, 0.29) is 17.9 Å². The molecule has 3 aromatic heterocycles. The van der Waals surface area contributed by atoms with Gasteiger partial charge in [-0.15, -0.1) is 0 Å². The van der Waals surface area contributed by atoms with E-state index in [9.17, 15) is 19.5 Å². The smallest absolute Gasteiger partial charge is 0.305 e. The zero-order chi connectivity index (χ0) is 28.8. The Balaban J connectivity index is 1.71. The second-order valence-corrected chi connectivity index (χ2v) is 10.5. The van der Waals surface area contributed by atoms with Gasteiger partial charge < -0.3 is 15.0 Å². The molecule has 8 nitrogen and oxygen atoms in total. The van der Waals surface area contributed by atoms with Gasteiger partial charge in [-0.2, -0.15) is 0 Å². The van der Waals surface area contributed by atoms with E-state index in [1.807, 2.05) is 64.1 Å². The molecule has 3 heterocycles. The molecule has 0 spiro atoms. The summed E-state index contributed by atoms with van der Waals surface area (Å²) in [6, 6.07) is 14.8. The van der Waals surface area contributed by atoms with Gasteiger partial charge in [0, 0.05) is 42.0 Å². The summed E-state index contributed by atoms with van der Waals surface area (Å²) < 4.78 is 1.42. The van der Waals surface area contributed by atoms with E-state index in [0.29, 0.717) is 23.2 Å². The number of benzene rings is 1. The van der Waals surface area contributed by atoms with Gasteiger partial charge in [0.15, 0.2) is 0 Å². The molecule has 0 aliphatic carbocycles. The van der Waals surface area contributed by atoms with Crippen LogP contribution in [0.25, 0.3) is 22.4 Å². The number of aliphatic carboxylic acids is 1. The number of rotatable bonds is 10. The minimum absolute atomic E-state index is 0.0908. The lowest BCUT2D eigenvalue weighted by atomic mass is 9.94. The fraction of sp³-hybridized carbons (Fsp3) is 0.281. The Morgan fingerprint density at radius 2 is 1.73 bits per heavy atom. The molecule has 0 radical (unpaired) electrons. The van der Waals surface area contributed by atoms with Crippen LogP contribution in [0.1, 0.15) is 55.5 Å². The highest BCUT2D eigenvalue weighted by molar-refractivity contribution is 5.82. The van der Waals surface area contributed by atoms with Crippen LogP contribution in [-0.4, -0.2) is 31.5 Å². The molecule has 0 saturated heterocycles. The first-order chi connectivity index (χ1) is 19.1. The van der Waals surface area contributed by atoms with Gasteiger partial charge in [0.05, 0.1) is 18.2 Å². The van der Waals surface area contributed by atoms with Crippen LogP contribution in [0.5, 0.6) is 0 Å². The first kappa shape index (κ1) is 28.4. The van der Waals surface area contributed by atoms with E-state index < -0.39 is 24.0 Å². The van der Waals surface area contributed by atoms with Crippen LogP contribution >= 0.6 is 0 Å². The SMILES string of the molecule is Cc1cccc(C)c1-c1cncc([C@H](CC(=O)O)NC(=O)[C@@H](CC(C)C)n2cc(-c3ccccn3)ccc2=O)c1. The molecule has 206 valence electrons. The van der Waals surface area contributed by atoms with E-state index in [4.69, 9.17) is 0 Å². The predicted octanol–water partition coefficient (Wildman–Crippen LogP) is 5.51. The van der Waals surface area contributed by atoms with Gasteiger partial charge in [0.1, 0.15) is 6.04 Å². The summed E-state index contributed by atoms with van der Waals surface area (Å²) in [5.41, 5.74) is 5.64. The summed E-state index contributed by atoms with van der Waals surface area (Å²) in [7, 11) is 0. The van der Waals surface area contributed by atoms with Crippen molar-refractivity contribution in [3.63, 3.8) is 0 Å². The maximum atomic E-state index is 13.8. The minimum atomic E-state index is -1.06. The van der Waals surface area contributed by atoms with Gasteiger partial charge in [-0.1, -0.05) is 38.1 Å². The lowest BCUT2D eigenvalue weighted by molar-refractivity contribution is -0.138. The Kier molecular flexibility index (Phi) is 8.89. The van der Waals surface area contributed by atoms with Crippen molar-refractivity contribution in [1.82, 2.24) is 19.9 Å². The lowest BCUT2D eigenvalue weighted by Crippen LogP contribution is -2.40. The molecule has 0 bridgehead atoms. The Hall–Kier alpha value is -4.59. The molecule has 4 rings (SSSR count). The van der Waals surface area contributed by atoms with E-state index in [0.717, 1.165) is 22.3 Å². The number of carbonyl (C=O) groups excluding carboxylic acids is 1. The molecule has 40 heavy (non-hydrogen) atoms. The fourth-order valence-corrected chi connectivity index (χ4v) is 4.98. The number of hydrogen-bond donors (Lipinski definition) is 2. The largest absolute Gasteiger partial charge is 0.481 e. The predicted molar refractivity (Wildman–Crippen MR) is 155 cm³/mol. The zero-order valence-electron chi connectivity index (χ0n) is 23.2. The summed E-state index contributed by atoms with van der Waals surface area (Å²) in [4.78, 5) is 47.4. The molecule has 8 heteroatoms. The van der Waals surface area contributed by atoms with Crippen LogP contribution in [0.15, 0.2) is 84.2 Å². The number of aryl methyl sites for hydroxylation is 2. The monoisotopic (exact) mass is 538 g/mol. The van der Waals surface area contributed by atoms with Gasteiger partial charge >= 0.3 is 5.97 Å². The Morgan fingerprint density at radius 1 is 0.975 bits per heavy atom. The van der Waals surface area contributed by atoms with Crippen molar-refractivity contribution in [3.05, 3.63) is 106 Å². The van der Waals surface area contributed by atoms with Gasteiger partial charge in [0.2, 0.25) is 5.91 Å². The molecule has 1 amide bonds. The number of nitrogens with one attached hydrogen (secondary N) is 1. The number of amides is 1. The van der Waals surface area contributed by atoms with E-state index in [2.05, 4.69) is 15.3 Å². The van der Waals surface area contributed by atoms with Crippen LogP contribution in [0.2, 0.25) is 0 Å². The van der Waals surface area contributed by atoms with Crippen LogP contribution in [0.4, 0.5) is 0 Å². The topological polar surface area (TPSA) is 114 Å². The molecular formula is C32H34N4O4. The van der Waals surface area contributed by atoms with Gasteiger partial charge in [-0.25, -0.2) is 0 Å². The van der Waals surface area contributed by atoms with E-state index >= 15 is 0 Å². The number of carboxylic acids is 1. The van der Waals surface area contributed by atoms with Crippen molar-refractivity contribution in [2.45, 2.75) is 52.6 Å². The van der Waals surface area contributed by atoms with Crippen molar-refractivity contribution in [2.75, 3.05) is 0 Å². The average molecular weight is 539 g/mol. The van der Waals surface area contributed by atoms with Crippen LogP contribution in [0, 0.1) is 19.8 Å². The Bertz CT molecular complexity index is 1540. The highest BCUT2D eigenvalue weighted by Gasteiger charge is 2.27. The number of aromatic nitrogens is 3. The second kappa shape index (κ2) is 12.5. The summed E-state index contributed by atoms with van der Waals surface area (Å²) >= 11 is 0. The lowest BCUT2D eigenvalue weighted by Gasteiger charge is -2.25. The number of hydrogen-bond acceptors (Lipinski definition) is 5. The normalized spacial score (nSPS) is 12.6. The maximum Gasteiger partial charge on any atom is 0.305 e. The van der Waals surface area contributed by atoms with E-state index in [1.54, 1.807) is 36.9 Å². The maximum absolute atomic E-state index is 13.8. The Morgan fingerprint density at radius 3 is 2.38 bits per heavy atom. The molecule has 2 atom stereocenters. The van der Waals surface area contributed by atoms with Gasteiger partial charge in [-0.3, -0.25) is 24.4 Å².